The van der Waals surface area contributed by atoms with Gasteiger partial charge in [-0.2, -0.15) is 5.10 Å². The summed E-state index contributed by atoms with van der Waals surface area (Å²) in [5, 5.41) is 6.80. The number of amides is 2. The molecule has 4 aromatic rings. The summed E-state index contributed by atoms with van der Waals surface area (Å²) in [5.74, 6) is -0.0205. The number of ether oxygens (including phenoxy) is 3. The second kappa shape index (κ2) is 11.8. The fraction of sp³-hybridized carbons (Fsp3) is 0.0667. The van der Waals surface area contributed by atoms with Gasteiger partial charge in [-0.1, -0.05) is 39.7 Å². The second-order valence-electron chi connectivity index (χ2n) is 8.74. The molecule has 0 fully saturated rings. The quantitative estimate of drug-likeness (QED) is 0.121. The fourth-order valence-corrected chi connectivity index (χ4v) is 4.14. The van der Waals surface area contributed by atoms with Gasteiger partial charge < -0.3 is 19.5 Å². The Kier molecular flexibility index (Phi) is 7.88. The van der Waals surface area contributed by atoms with Crippen molar-refractivity contribution >= 4 is 45.6 Å². The van der Waals surface area contributed by atoms with Crippen molar-refractivity contribution in [3.8, 4) is 17.2 Å². The molecule has 4 aromatic carbocycles. The Morgan fingerprint density at radius 1 is 0.850 bits per heavy atom. The van der Waals surface area contributed by atoms with Crippen molar-refractivity contribution in [2.45, 2.75) is 6.92 Å². The van der Waals surface area contributed by atoms with Gasteiger partial charge in [-0.3, -0.25) is 9.59 Å². The van der Waals surface area contributed by atoms with Crippen LogP contribution in [0.15, 0.2) is 94.5 Å². The summed E-state index contributed by atoms with van der Waals surface area (Å²) in [6.45, 7) is 2.04. The number of hydrogen-bond acceptors (Lipinski definition) is 7. The van der Waals surface area contributed by atoms with Gasteiger partial charge in [0.2, 0.25) is 6.79 Å². The lowest BCUT2D eigenvalue weighted by molar-refractivity contribution is 0.0733. The molecule has 0 bridgehead atoms. The number of aryl methyl sites for hydroxylation is 1. The van der Waals surface area contributed by atoms with E-state index in [1.54, 1.807) is 66.7 Å². The molecule has 9 nitrogen and oxygen atoms in total. The minimum Gasteiger partial charge on any atom is -0.454 e. The maximum atomic E-state index is 12.8. The van der Waals surface area contributed by atoms with Gasteiger partial charge in [-0.15, -0.1) is 0 Å². The molecule has 200 valence electrons. The van der Waals surface area contributed by atoms with E-state index in [4.69, 9.17) is 14.2 Å². The van der Waals surface area contributed by atoms with Gasteiger partial charge in [0.1, 0.15) is 5.75 Å². The van der Waals surface area contributed by atoms with Gasteiger partial charge in [-0.05, 0) is 73.7 Å². The molecule has 40 heavy (non-hydrogen) atoms. The fourth-order valence-electron chi connectivity index (χ4n) is 3.77. The van der Waals surface area contributed by atoms with Crippen LogP contribution < -0.4 is 25.0 Å². The highest BCUT2D eigenvalue weighted by molar-refractivity contribution is 9.10. The van der Waals surface area contributed by atoms with Crippen LogP contribution in [-0.2, 0) is 0 Å². The predicted molar refractivity (Wildman–Crippen MR) is 152 cm³/mol. The third-order valence-electron chi connectivity index (χ3n) is 5.85. The molecule has 0 spiro atoms. The Labute approximate surface area is 237 Å². The highest BCUT2D eigenvalue weighted by Crippen LogP contribution is 2.32. The number of rotatable bonds is 7. The minimum absolute atomic E-state index is 0.113. The third kappa shape index (κ3) is 6.36. The van der Waals surface area contributed by atoms with Crippen molar-refractivity contribution in [3.05, 3.63) is 117 Å². The molecular weight excluding hydrogens is 578 g/mol. The van der Waals surface area contributed by atoms with E-state index in [9.17, 15) is 14.4 Å². The molecule has 1 aliphatic heterocycles. The number of anilines is 1. The molecule has 0 aromatic heterocycles. The first kappa shape index (κ1) is 26.6. The smallest absolute Gasteiger partial charge is 0.343 e. The largest absolute Gasteiger partial charge is 0.454 e. The Bertz CT molecular complexity index is 1640. The van der Waals surface area contributed by atoms with Crippen LogP contribution in [0.25, 0.3) is 0 Å². The first-order valence-corrected chi connectivity index (χ1v) is 12.9. The topological polar surface area (TPSA) is 115 Å². The molecule has 2 amide bonds. The molecule has 10 heteroatoms. The number of esters is 1. The maximum absolute atomic E-state index is 12.8. The van der Waals surface area contributed by atoms with Crippen LogP contribution >= 0.6 is 15.9 Å². The zero-order chi connectivity index (χ0) is 28.1. The van der Waals surface area contributed by atoms with E-state index in [1.165, 1.54) is 12.3 Å². The second-order valence-corrected chi connectivity index (χ2v) is 9.66. The van der Waals surface area contributed by atoms with E-state index >= 15 is 0 Å². The molecule has 0 saturated heterocycles. The summed E-state index contributed by atoms with van der Waals surface area (Å²) < 4.78 is 16.9. The van der Waals surface area contributed by atoms with Gasteiger partial charge in [0.05, 0.1) is 11.8 Å². The number of carbonyl (C=O) groups excluding carboxylic acids is 3. The SMILES string of the molecule is Cc1ccc(C(=O)Oc2ccc(Br)cc2C=NNC(=O)c2cccc(NC(=O)c3ccc4c(c3)OCO4)c2)cc1. The van der Waals surface area contributed by atoms with Crippen LogP contribution in [0.5, 0.6) is 17.2 Å². The Morgan fingerprint density at radius 3 is 2.42 bits per heavy atom. The maximum Gasteiger partial charge on any atom is 0.343 e. The molecule has 1 aliphatic rings. The van der Waals surface area contributed by atoms with Crippen LogP contribution in [0.4, 0.5) is 5.69 Å². The molecule has 5 rings (SSSR count). The van der Waals surface area contributed by atoms with Crippen molar-refractivity contribution in [1.82, 2.24) is 5.43 Å². The van der Waals surface area contributed by atoms with Crippen molar-refractivity contribution < 1.29 is 28.6 Å². The summed E-state index contributed by atoms with van der Waals surface area (Å²) in [5.41, 5.74) is 5.46. The number of hydrazone groups is 1. The number of hydrogen-bond donors (Lipinski definition) is 2. The highest BCUT2D eigenvalue weighted by atomic mass is 79.9. The standard InChI is InChI=1S/C30H22BrN3O6/c1-18-5-7-19(8-6-18)30(37)40-25-12-10-23(31)13-22(25)16-32-34-29(36)20-3-2-4-24(14-20)33-28(35)21-9-11-26-27(15-21)39-17-38-26/h2-16H,17H2,1H3,(H,33,35)(H,34,36). The van der Waals surface area contributed by atoms with Crippen LogP contribution in [0.2, 0.25) is 0 Å². The normalized spacial score (nSPS) is 11.8. The monoisotopic (exact) mass is 599 g/mol. The Balaban J connectivity index is 1.24. The summed E-state index contributed by atoms with van der Waals surface area (Å²) in [6, 6.07) is 23.4. The third-order valence-corrected chi connectivity index (χ3v) is 6.34. The van der Waals surface area contributed by atoms with Crippen LogP contribution in [0.3, 0.4) is 0 Å². The van der Waals surface area contributed by atoms with E-state index in [-0.39, 0.29) is 24.0 Å². The lowest BCUT2D eigenvalue weighted by Crippen LogP contribution is -2.18. The number of nitrogens with one attached hydrogen (secondary N) is 2. The average molecular weight is 600 g/mol. The van der Waals surface area contributed by atoms with Crippen molar-refractivity contribution in [2.24, 2.45) is 5.10 Å². The van der Waals surface area contributed by atoms with Crippen molar-refractivity contribution in [3.63, 3.8) is 0 Å². The molecule has 0 saturated carbocycles. The molecule has 1 heterocycles. The van der Waals surface area contributed by atoms with Crippen LogP contribution in [-0.4, -0.2) is 30.8 Å². The van der Waals surface area contributed by atoms with E-state index in [2.05, 4.69) is 31.8 Å². The number of halogens is 1. The zero-order valence-corrected chi connectivity index (χ0v) is 22.7. The summed E-state index contributed by atoms with van der Waals surface area (Å²) in [7, 11) is 0. The molecule has 0 radical (unpaired) electrons. The van der Waals surface area contributed by atoms with E-state index in [1.807, 2.05) is 19.1 Å². The van der Waals surface area contributed by atoms with Gasteiger partial charge in [-0.25, -0.2) is 10.2 Å². The van der Waals surface area contributed by atoms with Gasteiger partial charge >= 0.3 is 5.97 Å². The molecule has 0 aliphatic carbocycles. The van der Waals surface area contributed by atoms with Crippen molar-refractivity contribution in [1.29, 1.82) is 0 Å². The number of benzene rings is 4. The first-order valence-electron chi connectivity index (χ1n) is 12.1. The highest BCUT2D eigenvalue weighted by Gasteiger charge is 2.17. The van der Waals surface area contributed by atoms with Crippen molar-refractivity contribution in [2.75, 3.05) is 12.1 Å². The van der Waals surface area contributed by atoms with Gasteiger partial charge in [0.25, 0.3) is 11.8 Å². The average Bonchev–Trinajstić information content (AvgIpc) is 3.43. The minimum atomic E-state index is -0.513. The lowest BCUT2D eigenvalue weighted by Gasteiger charge is -2.09. The molecular formula is C30H22BrN3O6. The first-order chi connectivity index (χ1) is 19.4. The molecule has 0 atom stereocenters. The number of fused-ring (bicyclic) bond motifs is 1. The molecule has 0 unspecified atom stereocenters. The summed E-state index contributed by atoms with van der Waals surface area (Å²) in [6.07, 6.45) is 1.38. The van der Waals surface area contributed by atoms with Gasteiger partial charge in [0.15, 0.2) is 11.5 Å². The summed E-state index contributed by atoms with van der Waals surface area (Å²) in [4.78, 5) is 38.0. The Hall–Kier alpha value is -4.96. The van der Waals surface area contributed by atoms with Gasteiger partial charge in [0, 0.05) is 26.9 Å². The zero-order valence-electron chi connectivity index (χ0n) is 21.1. The van der Waals surface area contributed by atoms with Crippen LogP contribution in [0.1, 0.15) is 42.2 Å². The Morgan fingerprint density at radius 2 is 1.60 bits per heavy atom. The van der Waals surface area contributed by atoms with E-state index in [0.717, 1.165) is 10.0 Å². The number of nitrogens with zero attached hydrogens (tertiary/aromatic N) is 1. The lowest BCUT2D eigenvalue weighted by atomic mass is 10.1. The predicted octanol–water partition coefficient (Wildman–Crippen LogP) is 5.72. The van der Waals surface area contributed by atoms with E-state index < -0.39 is 11.9 Å². The van der Waals surface area contributed by atoms with Crippen LogP contribution in [0, 0.1) is 6.92 Å². The summed E-state index contributed by atoms with van der Waals surface area (Å²) >= 11 is 3.39. The number of carbonyl (C=O) groups is 3. The van der Waals surface area contributed by atoms with E-state index in [0.29, 0.717) is 33.9 Å². The molecule has 2 N–H and O–H groups in total.